The van der Waals surface area contributed by atoms with Crippen LogP contribution in [0.2, 0.25) is 0 Å². The van der Waals surface area contributed by atoms with Gasteiger partial charge in [0.2, 0.25) is 0 Å². The number of nitrogens with zero attached hydrogens (tertiary/aromatic N) is 2. The molecular weight excluding hydrogens is 270 g/mol. The molecule has 1 aliphatic heterocycles. The van der Waals surface area contributed by atoms with E-state index in [-0.39, 0.29) is 18.2 Å². The number of nitrogens with one attached hydrogen (secondary N) is 1. The highest BCUT2D eigenvalue weighted by atomic mass is 16.2. The Labute approximate surface area is 123 Å². The number of aryl methyl sites for hydroxylation is 1. The largest absolute Gasteiger partial charge is 0.357 e. The monoisotopic (exact) mass is 289 g/mol. The fourth-order valence-electron chi connectivity index (χ4n) is 3.22. The first-order valence-electron chi connectivity index (χ1n) is 7.31. The molecule has 112 valence electrons. The number of ketones is 1. The molecule has 2 fully saturated rings. The van der Waals surface area contributed by atoms with Crippen LogP contribution in [0.3, 0.4) is 0 Å². The molecule has 0 unspecified atom stereocenters. The van der Waals surface area contributed by atoms with Crippen LogP contribution in [-0.4, -0.2) is 39.3 Å². The molecule has 2 heterocycles. The van der Waals surface area contributed by atoms with Crippen LogP contribution in [-0.2, 0) is 11.8 Å². The van der Waals surface area contributed by atoms with Crippen molar-refractivity contribution in [3.63, 3.8) is 0 Å². The van der Waals surface area contributed by atoms with Gasteiger partial charge in [0.05, 0.1) is 6.54 Å². The average molecular weight is 289 g/mol. The molecule has 1 aromatic rings. The van der Waals surface area contributed by atoms with Gasteiger partial charge in [0, 0.05) is 25.0 Å². The summed E-state index contributed by atoms with van der Waals surface area (Å²) in [5, 5.41) is 2.81. The first-order chi connectivity index (χ1) is 10.0. The predicted molar refractivity (Wildman–Crippen MR) is 75.8 cm³/mol. The Balaban J connectivity index is 1.75. The number of urea groups is 1. The molecule has 1 spiro atoms. The Bertz CT molecular complexity index is 599. The summed E-state index contributed by atoms with van der Waals surface area (Å²) in [6.45, 7) is -0.184. The number of hydrogen-bond acceptors (Lipinski definition) is 3. The van der Waals surface area contributed by atoms with Crippen LogP contribution in [0.15, 0.2) is 18.5 Å². The second-order valence-corrected chi connectivity index (χ2v) is 5.95. The third-order valence-electron chi connectivity index (χ3n) is 4.41. The Hall–Kier alpha value is -2.11. The molecule has 1 saturated carbocycles. The van der Waals surface area contributed by atoms with E-state index in [9.17, 15) is 14.4 Å². The first-order valence-corrected chi connectivity index (χ1v) is 7.31. The van der Waals surface area contributed by atoms with Gasteiger partial charge in [-0.3, -0.25) is 14.5 Å². The lowest BCUT2D eigenvalue weighted by atomic mass is 9.82. The van der Waals surface area contributed by atoms with Crippen LogP contribution < -0.4 is 5.32 Å². The van der Waals surface area contributed by atoms with E-state index in [1.165, 1.54) is 0 Å². The van der Waals surface area contributed by atoms with Gasteiger partial charge in [0.15, 0.2) is 5.78 Å². The van der Waals surface area contributed by atoms with Gasteiger partial charge in [-0.15, -0.1) is 0 Å². The number of hydrogen-bond donors (Lipinski definition) is 1. The van der Waals surface area contributed by atoms with E-state index >= 15 is 0 Å². The lowest BCUT2D eigenvalue weighted by molar-refractivity contribution is -0.132. The predicted octanol–water partition coefficient (Wildman–Crippen LogP) is 1.46. The molecule has 1 aliphatic carbocycles. The van der Waals surface area contributed by atoms with Crippen molar-refractivity contribution in [3.8, 4) is 0 Å². The van der Waals surface area contributed by atoms with Crippen LogP contribution in [0.4, 0.5) is 4.79 Å². The summed E-state index contributed by atoms with van der Waals surface area (Å²) < 4.78 is 1.77. The zero-order valence-electron chi connectivity index (χ0n) is 12.1. The summed E-state index contributed by atoms with van der Waals surface area (Å²) in [5.41, 5.74) is -0.241. The topological polar surface area (TPSA) is 71.4 Å². The van der Waals surface area contributed by atoms with E-state index < -0.39 is 11.6 Å². The minimum absolute atomic E-state index is 0.184. The van der Waals surface area contributed by atoms with E-state index in [0.717, 1.165) is 24.2 Å². The minimum Gasteiger partial charge on any atom is -0.357 e. The fourth-order valence-corrected chi connectivity index (χ4v) is 3.22. The number of rotatable bonds is 3. The highest BCUT2D eigenvalue weighted by molar-refractivity contribution is 6.11. The molecular formula is C15H19N3O3. The van der Waals surface area contributed by atoms with Crippen molar-refractivity contribution in [2.75, 3.05) is 6.54 Å². The van der Waals surface area contributed by atoms with Crippen molar-refractivity contribution in [2.45, 2.75) is 37.6 Å². The summed E-state index contributed by atoms with van der Waals surface area (Å²) in [4.78, 5) is 37.9. The summed E-state index contributed by atoms with van der Waals surface area (Å²) in [6, 6.07) is 1.25. The molecule has 2 aliphatic rings. The van der Waals surface area contributed by atoms with Gasteiger partial charge in [-0.1, -0.05) is 19.3 Å². The van der Waals surface area contributed by atoms with Gasteiger partial charge in [-0.2, -0.15) is 0 Å². The third-order valence-corrected chi connectivity index (χ3v) is 4.41. The Kier molecular flexibility index (Phi) is 3.31. The number of carbonyl (C=O) groups is 3. The van der Waals surface area contributed by atoms with Crippen molar-refractivity contribution >= 4 is 17.7 Å². The summed E-state index contributed by atoms with van der Waals surface area (Å²) in [6.07, 6.45) is 7.77. The van der Waals surface area contributed by atoms with Crippen LogP contribution in [0.1, 0.15) is 42.5 Å². The minimum atomic E-state index is -0.758. The molecule has 0 bridgehead atoms. The molecule has 0 radical (unpaired) electrons. The SMILES string of the molecule is Cn1ccc(C(=O)CN2C(=O)NC3(CCCCC3)C2=O)c1. The molecule has 3 rings (SSSR count). The summed E-state index contributed by atoms with van der Waals surface area (Å²) in [5.74, 6) is -0.455. The van der Waals surface area contributed by atoms with Crippen LogP contribution in [0.5, 0.6) is 0 Å². The number of carbonyl (C=O) groups excluding carboxylic acids is 3. The molecule has 21 heavy (non-hydrogen) atoms. The molecule has 6 nitrogen and oxygen atoms in total. The smallest absolute Gasteiger partial charge is 0.325 e. The molecule has 0 atom stereocenters. The van der Waals surface area contributed by atoms with E-state index in [1.54, 1.807) is 23.0 Å². The first kappa shape index (κ1) is 13.9. The number of imide groups is 1. The molecule has 6 heteroatoms. The Morgan fingerprint density at radius 1 is 1.29 bits per heavy atom. The molecule has 1 aromatic heterocycles. The fraction of sp³-hybridized carbons (Fsp3) is 0.533. The lowest BCUT2D eigenvalue weighted by Crippen LogP contribution is -2.48. The third kappa shape index (κ3) is 2.34. The molecule has 0 aromatic carbocycles. The highest BCUT2D eigenvalue weighted by Gasteiger charge is 2.51. The number of amides is 3. The van der Waals surface area contributed by atoms with Crippen molar-refractivity contribution < 1.29 is 14.4 Å². The second-order valence-electron chi connectivity index (χ2n) is 5.95. The van der Waals surface area contributed by atoms with Crippen molar-refractivity contribution in [3.05, 3.63) is 24.0 Å². The zero-order valence-corrected chi connectivity index (χ0v) is 12.1. The van der Waals surface area contributed by atoms with Gasteiger partial charge in [0.25, 0.3) is 5.91 Å². The van der Waals surface area contributed by atoms with Gasteiger partial charge in [-0.05, 0) is 18.9 Å². The van der Waals surface area contributed by atoms with E-state index in [2.05, 4.69) is 5.32 Å². The maximum absolute atomic E-state index is 12.5. The second kappa shape index (κ2) is 5.02. The number of Topliss-reactive ketones (excluding diaryl/α,β-unsaturated/α-hetero) is 1. The average Bonchev–Trinajstić information content (AvgIpc) is 2.98. The standard InChI is InChI=1S/C15H19N3O3/c1-17-8-5-11(9-17)12(19)10-18-13(20)15(16-14(18)21)6-3-2-4-7-15/h5,8-9H,2-4,6-7,10H2,1H3,(H,16,21). The number of aromatic nitrogens is 1. The van der Waals surface area contributed by atoms with Gasteiger partial charge in [-0.25, -0.2) is 4.79 Å². The van der Waals surface area contributed by atoms with Crippen LogP contribution in [0.25, 0.3) is 0 Å². The van der Waals surface area contributed by atoms with E-state index in [1.807, 2.05) is 7.05 Å². The normalized spacial score (nSPS) is 20.9. The maximum Gasteiger partial charge on any atom is 0.325 e. The molecule has 3 amide bonds. The van der Waals surface area contributed by atoms with Crippen molar-refractivity contribution in [2.24, 2.45) is 7.05 Å². The highest BCUT2D eigenvalue weighted by Crippen LogP contribution is 2.33. The lowest BCUT2D eigenvalue weighted by Gasteiger charge is -2.30. The van der Waals surface area contributed by atoms with Gasteiger partial charge in [0.1, 0.15) is 5.54 Å². The summed E-state index contributed by atoms with van der Waals surface area (Å²) >= 11 is 0. The quantitative estimate of drug-likeness (QED) is 0.676. The van der Waals surface area contributed by atoms with Crippen molar-refractivity contribution in [1.82, 2.24) is 14.8 Å². The van der Waals surface area contributed by atoms with Gasteiger partial charge >= 0.3 is 6.03 Å². The van der Waals surface area contributed by atoms with Crippen molar-refractivity contribution in [1.29, 1.82) is 0 Å². The summed E-state index contributed by atoms with van der Waals surface area (Å²) in [7, 11) is 1.82. The Morgan fingerprint density at radius 2 is 2.00 bits per heavy atom. The Morgan fingerprint density at radius 3 is 2.62 bits per heavy atom. The van der Waals surface area contributed by atoms with Crippen LogP contribution in [0, 0.1) is 0 Å². The molecule has 1 N–H and O–H groups in total. The zero-order chi connectivity index (χ0) is 15.0. The van der Waals surface area contributed by atoms with E-state index in [0.29, 0.717) is 18.4 Å². The van der Waals surface area contributed by atoms with E-state index in [4.69, 9.17) is 0 Å². The van der Waals surface area contributed by atoms with Crippen LogP contribution >= 0.6 is 0 Å². The maximum atomic E-state index is 12.5. The van der Waals surface area contributed by atoms with Gasteiger partial charge < -0.3 is 9.88 Å². The molecule has 1 saturated heterocycles.